The second-order valence-electron chi connectivity index (χ2n) is 9.51. The van der Waals surface area contributed by atoms with E-state index >= 15 is 0 Å². The highest BCUT2D eigenvalue weighted by molar-refractivity contribution is 7.92. The summed E-state index contributed by atoms with van der Waals surface area (Å²) in [5.74, 6) is -3.63. The number of rotatable bonds is 11. The van der Waals surface area contributed by atoms with E-state index in [1.54, 1.807) is 12.1 Å². The summed E-state index contributed by atoms with van der Waals surface area (Å²) in [5.41, 5.74) is -0.485. The summed E-state index contributed by atoms with van der Waals surface area (Å²) in [7, 11) is -3.39. The van der Waals surface area contributed by atoms with Gasteiger partial charge in [-0.15, -0.1) is 0 Å². The van der Waals surface area contributed by atoms with E-state index in [4.69, 9.17) is 14.2 Å². The number of aromatic carboxylic acids is 2. The summed E-state index contributed by atoms with van der Waals surface area (Å²) in [6, 6.07) is 9.93. The number of amides is 1. The molecule has 0 spiro atoms. The summed E-state index contributed by atoms with van der Waals surface area (Å²) >= 11 is 0.905. The maximum absolute atomic E-state index is 13.4. The van der Waals surface area contributed by atoms with Crippen molar-refractivity contribution < 1.29 is 47.2 Å². The van der Waals surface area contributed by atoms with Crippen molar-refractivity contribution in [1.29, 1.82) is 0 Å². The van der Waals surface area contributed by atoms with Gasteiger partial charge in [0.15, 0.2) is 21.1 Å². The molecule has 1 unspecified atom stereocenters. The third kappa shape index (κ3) is 6.56. The Balaban J connectivity index is 1.34. The van der Waals surface area contributed by atoms with Gasteiger partial charge in [-0.1, -0.05) is 29.5 Å². The van der Waals surface area contributed by atoms with Crippen LogP contribution < -0.4 is 10.1 Å². The van der Waals surface area contributed by atoms with Crippen molar-refractivity contribution in [3.05, 3.63) is 65.4 Å². The predicted molar refractivity (Wildman–Crippen MR) is 145 cm³/mol. The van der Waals surface area contributed by atoms with E-state index in [0.717, 1.165) is 17.4 Å². The number of aromatic nitrogens is 1. The maximum Gasteiger partial charge on any atom is 0.340 e. The monoisotopic (exact) mass is 602 g/mol. The molecular formula is C27H26N2O10S2. The summed E-state index contributed by atoms with van der Waals surface area (Å²) in [4.78, 5) is 40.9. The number of hydrogen-bond acceptors (Lipinski definition) is 10. The van der Waals surface area contributed by atoms with Crippen LogP contribution in [-0.4, -0.2) is 66.0 Å². The molecule has 1 atom stereocenters. The van der Waals surface area contributed by atoms with Gasteiger partial charge >= 0.3 is 11.9 Å². The van der Waals surface area contributed by atoms with Gasteiger partial charge in [0, 0.05) is 13.2 Å². The first-order valence-corrected chi connectivity index (χ1v) is 15.1. The number of thiazole rings is 1. The zero-order chi connectivity index (χ0) is 29.1. The molecule has 0 bridgehead atoms. The third-order valence-corrected chi connectivity index (χ3v) is 9.67. The van der Waals surface area contributed by atoms with Gasteiger partial charge in [-0.05, 0) is 55.5 Å². The molecule has 2 aromatic carbocycles. The zero-order valence-electron chi connectivity index (χ0n) is 21.5. The molecule has 1 saturated carbocycles. The number of hydrogen-bond donors (Lipinski definition) is 3. The molecule has 1 amide bonds. The average Bonchev–Trinajstić information content (AvgIpc) is 3.74. The Morgan fingerprint density at radius 1 is 1.00 bits per heavy atom. The zero-order valence-corrected chi connectivity index (χ0v) is 23.2. The summed E-state index contributed by atoms with van der Waals surface area (Å²) in [6.45, 7) is 0.984. The first-order valence-electron chi connectivity index (χ1n) is 12.7. The smallest absolute Gasteiger partial charge is 0.340 e. The molecule has 12 nitrogen and oxygen atoms in total. The molecule has 1 saturated heterocycles. The lowest BCUT2D eigenvalue weighted by atomic mass is 10.1. The van der Waals surface area contributed by atoms with E-state index < -0.39 is 44.9 Å². The Hall–Kier alpha value is -3.85. The SMILES string of the molecule is O=C(O)c1cccc(Oc2cnc(NC(=O)C(OC3CCOCC3)c3ccc(S(=O)(=O)C4CC4)cc3)s2)c1C(=O)O. The number of anilines is 1. The van der Waals surface area contributed by atoms with Crippen molar-refractivity contribution in [2.45, 2.75) is 48.0 Å². The topological polar surface area (TPSA) is 178 Å². The minimum atomic E-state index is -3.39. The fourth-order valence-electron chi connectivity index (χ4n) is 4.36. The normalized spacial score (nSPS) is 16.6. The van der Waals surface area contributed by atoms with Crippen molar-refractivity contribution in [2.24, 2.45) is 0 Å². The molecule has 0 radical (unpaired) electrons. The summed E-state index contributed by atoms with van der Waals surface area (Å²) in [5, 5.41) is 21.4. The lowest BCUT2D eigenvalue weighted by Crippen LogP contribution is -2.31. The lowest BCUT2D eigenvalue weighted by Gasteiger charge is -2.27. The molecule has 41 heavy (non-hydrogen) atoms. The number of nitrogens with one attached hydrogen (secondary N) is 1. The van der Waals surface area contributed by atoms with Gasteiger partial charge in [-0.2, -0.15) is 0 Å². The van der Waals surface area contributed by atoms with Crippen molar-refractivity contribution in [2.75, 3.05) is 18.5 Å². The number of nitrogens with zero attached hydrogens (tertiary/aromatic N) is 1. The number of carbonyl (C=O) groups excluding carboxylic acids is 1. The van der Waals surface area contributed by atoms with Crippen LogP contribution in [0.25, 0.3) is 0 Å². The lowest BCUT2D eigenvalue weighted by molar-refractivity contribution is -0.136. The Kier molecular flexibility index (Phi) is 8.35. The van der Waals surface area contributed by atoms with Crippen LogP contribution >= 0.6 is 11.3 Å². The second kappa shape index (κ2) is 11.9. The molecule has 2 fully saturated rings. The van der Waals surface area contributed by atoms with Crippen molar-refractivity contribution in [1.82, 2.24) is 4.98 Å². The van der Waals surface area contributed by atoms with Crippen LogP contribution in [0.4, 0.5) is 5.13 Å². The van der Waals surface area contributed by atoms with Gasteiger partial charge in [0.05, 0.1) is 28.0 Å². The third-order valence-electron chi connectivity index (χ3n) is 6.61. The van der Waals surface area contributed by atoms with Crippen LogP contribution in [0.15, 0.2) is 53.6 Å². The van der Waals surface area contributed by atoms with Crippen molar-refractivity contribution in [3.8, 4) is 10.8 Å². The largest absolute Gasteiger partial charge is 0.478 e. The molecule has 216 valence electrons. The molecule has 14 heteroatoms. The van der Waals surface area contributed by atoms with Crippen molar-refractivity contribution in [3.63, 3.8) is 0 Å². The van der Waals surface area contributed by atoms with Crippen LogP contribution in [0.2, 0.25) is 0 Å². The highest BCUT2D eigenvalue weighted by Crippen LogP contribution is 2.36. The number of carboxylic acid groups (broad SMARTS) is 2. The van der Waals surface area contributed by atoms with E-state index in [-0.39, 0.29) is 32.2 Å². The molecule has 1 aliphatic carbocycles. The molecular weight excluding hydrogens is 576 g/mol. The number of ether oxygens (including phenoxy) is 3. The van der Waals surface area contributed by atoms with E-state index in [0.29, 0.717) is 44.5 Å². The summed E-state index contributed by atoms with van der Waals surface area (Å²) in [6.07, 6.45) is 2.41. The average molecular weight is 603 g/mol. The predicted octanol–water partition coefficient (Wildman–Crippen LogP) is 4.14. The molecule has 1 aliphatic heterocycles. The molecule has 2 heterocycles. The van der Waals surface area contributed by atoms with Crippen LogP contribution in [0.1, 0.15) is 58.1 Å². The molecule has 2 aliphatic rings. The first-order chi connectivity index (χ1) is 19.6. The van der Waals surface area contributed by atoms with Crippen molar-refractivity contribution >= 4 is 44.2 Å². The van der Waals surface area contributed by atoms with E-state index in [1.807, 2.05) is 0 Å². The van der Waals surface area contributed by atoms with Crippen LogP contribution in [-0.2, 0) is 24.1 Å². The van der Waals surface area contributed by atoms with E-state index in [9.17, 15) is 33.0 Å². The number of carboxylic acids is 2. The minimum Gasteiger partial charge on any atom is -0.478 e. The Morgan fingerprint density at radius 3 is 2.34 bits per heavy atom. The van der Waals surface area contributed by atoms with Crippen LogP contribution in [0.3, 0.4) is 0 Å². The quantitative estimate of drug-likeness (QED) is 0.287. The fourth-order valence-corrected chi connectivity index (χ4v) is 6.70. The molecule has 3 N–H and O–H groups in total. The number of carbonyl (C=O) groups is 3. The van der Waals surface area contributed by atoms with E-state index in [2.05, 4.69) is 10.3 Å². The number of sulfone groups is 1. The molecule has 1 aromatic heterocycles. The van der Waals surface area contributed by atoms with Crippen LogP contribution in [0.5, 0.6) is 10.8 Å². The summed E-state index contributed by atoms with van der Waals surface area (Å²) < 4.78 is 42.4. The Morgan fingerprint density at radius 2 is 1.71 bits per heavy atom. The van der Waals surface area contributed by atoms with E-state index in [1.165, 1.54) is 30.5 Å². The first kappa shape index (κ1) is 28.7. The Labute approximate surface area is 238 Å². The van der Waals surface area contributed by atoms with Gasteiger partial charge in [0.2, 0.25) is 5.06 Å². The molecule has 3 aromatic rings. The highest BCUT2D eigenvalue weighted by atomic mass is 32.2. The maximum atomic E-state index is 13.4. The number of benzene rings is 2. The van der Waals surface area contributed by atoms with Gasteiger partial charge < -0.3 is 24.4 Å². The standard InChI is InChI=1S/C27H26N2O10S2/c30-24(29-27-28-14-21(40-27)39-20-3-1-2-19(25(31)32)22(20)26(33)34)23(38-16-10-12-37-13-11-16)15-4-6-17(7-5-15)41(35,36)18-8-9-18/h1-7,14,16,18,23H,8-13H2,(H,31,32)(H,33,34)(H,28,29,30). The Bertz CT molecular complexity index is 1560. The highest BCUT2D eigenvalue weighted by Gasteiger charge is 2.37. The van der Waals surface area contributed by atoms with Crippen LogP contribution in [0, 0.1) is 0 Å². The minimum absolute atomic E-state index is 0.113. The second-order valence-corrected chi connectivity index (χ2v) is 12.7. The van der Waals surface area contributed by atoms with Gasteiger partial charge in [-0.25, -0.2) is 23.0 Å². The van der Waals surface area contributed by atoms with Gasteiger partial charge in [-0.3, -0.25) is 10.1 Å². The van der Waals surface area contributed by atoms with Gasteiger partial charge in [0.25, 0.3) is 5.91 Å². The van der Waals surface area contributed by atoms with Gasteiger partial charge in [0.1, 0.15) is 11.3 Å². The fraction of sp³-hybridized carbons (Fsp3) is 0.333. The molecule has 5 rings (SSSR count).